The Hall–Kier alpha value is -2.42. The van der Waals surface area contributed by atoms with Crippen LogP contribution in [0.5, 0.6) is 0 Å². The van der Waals surface area contributed by atoms with Crippen molar-refractivity contribution in [2.75, 3.05) is 13.1 Å². The van der Waals surface area contributed by atoms with Crippen molar-refractivity contribution in [1.82, 2.24) is 19.7 Å². The van der Waals surface area contributed by atoms with Crippen LogP contribution in [0.4, 0.5) is 0 Å². The van der Waals surface area contributed by atoms with Gasteiger partial charge in [-0.2, -0.15) is 9.67 Å². The van der Waals surface area contributed by atoms with E-state index in [1.54, 1.807) is 18.4 Å². The number of furan rings is 1. The molecule has 7 nitrogen and oxygen atoms in total. The maximum Gasteiger partial charge on any atom is 0.264 e. The summed E-state index contributed by atoms with van der Waals surface area (Å²) in [6, 6.07) is 13.7. The Balaban J connectivity index is 1.48. The van der Waals surface area contributed by atoms with Gasteiger partial charge in [0.25, 0.3) is 5.91 Å². The highest BCUT2D eigenvalue weighted by Gasteiger charge is 2.44. The SMILES string of the molecule is CC1CN(C(c2ccccc2)C2Sc3nc(-c4ccco4)nn3C2=O)CC(C)O1. The Bertz CT molecular complexity index is 994. The number of nitrogens with zero attached hydrogens (tertiary/aromatic N) is 4. The quantitative estimate of drug-likeness (QED) is 0.652. The van der Waals surface area contributed by atoms with Crippen molar-refractivity contribution in [2.45, 2.75) is 42.5 Å². The molecule has 1 saturated heterocycles. The minimum Gasteiger partial charge on any atom is -0.461 e. The number of rotatable bonds is 4. The van der Waals surface area contributed by atoms with E-state index in [0.717, 1.165) is 18.7 Å². The zero-order chi connectivity index (χ0) is 20.0. The average Bonchev–Trinajstić information content (AvgIpc) is 3.41. The lowest BCUT2D eigenvalue weighted by atomic mass is 9.99. The lowest BCUT2D eigenvalue weighted by molar-refractivity contribution is -0.0804. The maximum atomic E-state index is 13.4. The summed E-state index contributed by atoms with van der Waals surface area (Å²) in [5.41, 5.74) is 1.12. The molecule has 29 heavy (non-hydrogen) atoms. The Labute approximate surface area is 173 Å². The van der Waals surface area contributed by atoms with Gasteiger partial charge in [-0.3, -0.25) is 9.69 Å². The molecular formula is C21H22N4O3S. The standard InChI is InChI=1S/C21H22N4O3S/c1-13-11-24(12-14(2)28-13)17(15-7-4-3-5-8-15)18-20(26)25-21(29-18)22-19(23-25)16-9-6-10-27-16/h3-10,13-14,17-18H,11-12H2,1-2H3. The molecule has 0 bridgehead atoms. The van der Waals surface area contributed by atoms with Crippen molar-refractivity contribution in [3.05, 3.63) is 54.3 Å². The minimum absolute atomic E-state index is 0.0454. The maximum absolute atomic E-state index is 13.4. The van der Waals surface area contributed by atoms with Gasteiger partial charge in [0.1, 0.15) is 5.25 Å². The lowest BCUT2D eigenvalue weighted by Crippen LogP contribution is -2.50. The molecule has 2 aliphatic rings. The molecule has 5 rings (SSSR count). The van der Waals surface area contributed by atoms with Crippen LogP contribution in [0, 0.1) is 0 Å². The van der Waals surface area contributed by atoms with E-state index in [2.05, 4.69) is 41.0 Å². The van der Waals surface area contributed by atoms with Gasteiger partial charge in [-0.1, -0.05) is 42.1 Å². The number of hydrogen-bond donors (Lipinski definition) is 0. The van der Waals surface area contributed by atoms with E-state index in [1.807, 2.05) is 18.2 Å². The first-order valence-electron chi connectivity index (χ1n) is 9.76. The third kappa shape index (κ3) is 3.41. The van der Waals surface area contributed by atoms with E-state index in [-0.39, 0.29) is 29.4 Å². The van der Waals surface area contributed by atoms with Gasteiger partial charge in [0, 0.05) is 13.1 Å². The van der Waals surface area contributed by atoms with Gasteiger partial charge in [0.05, 0.1) is 24.5 Å². The third-order valence-corrected chi connectivity index (χ3v) is 6.46. The van der Waals surface area contributed by atoms with Crippen LogP contribution in [-0.2, 0) is 4.74 Å². The Morgan fingerprint density at radius 2 is 1.86 bits per heavy atom. The summed E-state index contributed by atoms with van der Waals surface area (Å²) in [6.45, 7) is 5.72. The highest BCUT2D eigenvalue weighted by atomic mass is 32.2. The fourth-order valence-corrected chi connectivity index (χ4v) is 5.44. The Morgan fingerprint density at radius 1 is 1.10 bits per heavy atom. The van der Waals surface area contributed by atoms with Crippen molar-refractivity contribution in [3.8, 4) is 11.6 Å². The van der Waals surface area contributed by atoms with Crippen LogP contribution in [0.25, 0.3) is 11.6 Å². The van der Waals surface area contributed by atoms with Crippen molar-refractivity contribution in [3.63, 3.8) is 0 Å². The zero-order valence-corrected chi connectivity index (χ0v) is 17.1. The average molecular weight is 410 g/mol. The second kappa shape index (κ2) is 7.44. The second-order valence-corrected chi connectivity index (χ2v) is 8.66. The van der Waals surface area contributed by atoms with Crippen LogP contribution in [0.1, 0.15) is 30.2 Å². The smallest absolute Gasteiger partial charge is 0.264 e. The third-order valence-electron chi connectivity index (χ3n) is 5.27. The van der Waals surface area contributed by atoms with Crippen LogP contribution < -0.4 is 0 Å². The molecule has 2 aromatic heterocycles. The Morgan fingerprint density at radius 3 is 2.52 bits per heavy atom. The summed E-state index contributed by atoms with van der Waals surface area (Å²) in [7, 11) is 0. The van der Waals surface area contributed by atoms with Gasteiger partial charge in [-0.25, -0.2) is 0 Å². The minimum atomic E-state index is -0.310. The highest BCUT2D eigenvalue weighted by molar-refractivity contribution is 8.00. The molecule has 4 heterocycles. The molecule has 4 unspecified atom stereocenters. The molecule has 4 atom stereocenters. The zero-order valence-electron chi connectivity index (χ0n) is 16.3. The summed E-state index contributed by atoms with van der Waals surface area (Å²) in [5.74, 6) is 0.956. The molecule has 3 aromatic rings. The summed E-state index contributed by atoms with van der Waals surface area (Å²) in [6.07, 6.45) is 1.81. The number of hydrogen-bond acceptors (Lipinski definition) is 7. The van der Waals surface area contributed by atoms with Crippen molar-refractivity contribution >= 4 is 17.7 Å². The van der Waals surface area contributed by atoms with Crippen LogP contribution in [-0.4, -0.2) is 56.1 Å². The monoisotopic (exact) mass is 410 g/mol. The topological polar surface area (TPSA) is 73.4 Å². The van der Waals surface area contributed by atoms with Crippen LogP contribution in [0.3, 0.4) is 0 Å². The first-order chi connectivity index (χ1) is 14.1. The summed E-state index contributed by atoms with van der Waals surface area (Å²) >= 11 is 1.48. The van der Waals surface area contributed by atoms with Gasteiger partial charge in [0.15, 0.2) is 10.9 Å². The van der Waals surface area contributed by atoms with Gasteiger partial charge >= 0.3 is 0 Å². The molecule has 0 spiro atoms. The Kier molecular flexibility index (Phi) is 4.77. The summed E-state index contributed by atoms with van der Waals surface area (Å²) in [4.78, 5) is 20.3. The van der Waals surface area contributed by atoms with Crippen LogP contribution in [0.2, 0.25) is 0 Å². The molecule has 150 valence electrons. The molecule has 0 amide bonds. The first kappa shape index (κ1) is 18.6. The fourth-order valence-electron chi connectivity index (χ4n) is 4.18. The van der Waals surface area contributed by atoms with E-state index in [9.17, 15) is 4.79 Å². The highest BCUT2D eigenvalue weighted by Crippen LogP contribution is 2.42. The molecule has 8 heteroatoms. The molecular weight excluding hydrogens is 388 g/mol. The van der Waals surface area contributed by atoms with E-state index in [1.165, 1.54) is 16.4 Å². The van der Waals surface area contributed by atoms with Crippen molar-refractivity contribution < 1.29 is 13.9 Å². The van der Waals surface area contributed by atoms with E-state index in [0.29, 0.717) is 16.7 Å². The number of carbonyl (C=O) groups is 1. The van der Waals surface area contributed by atoms with Gasteiger partial charge < -0.3 is 9.15 Å². The summed E-state index contributed by atoms with van der Waals surface area (Å²) < 4.78 is 12.7. The van der Waals surface area contributed by atoms with E-state index < -0.39 is 0 Å². The van der Waals surface area contributed by atoms with Gasteiger partial charge in [-0.05, 0) is 31.5 Å². The summed E-state index contributed by atoms with van der Waals surface area (Å²) in [5, 5.41) is 4.72. The number of morpholine rings is 1. The normalized spacial score (nSPS) is 25.9. The van der Waals surface area contributed by atoms with Crippen molar-refractivity contribution in [1.29, 1.82) is 0 Å². The number of ether oxygens (including phenoxy) is 1. The predicted molar refractivity (Wildman–Crippen MR) is 109 cm³/mol. The fraction of sp³-hybridized carbons (Fsp3) is 0.381. The number of aromatic nitrogens is 3. The van der Waals surface area contributed by atoms with E-state index >= 15 is 0 Å². The lowest BCUT2D eigenvalue weighted by Gasteiger charge is -2.41. The van der Waals surface area contributed by atoms with Crippen LogP contribution in [0.15, 0.2) is 58.3 Å². The molecule has 0 aliphatic carbocycles. The molecule has 0 saturated carbocycles. The molecule has 0 radical (unpaired) electrons. The van der Waals surface area contributed by atoms with E-state index in [4.69, 9.17) is 9.15 Å². The number of carbonyl (C=O) groups excluding carboxylic acids is 1. The number of benzene rings is 1. The molecule has 1 fully saturated rings. The molecule has 2 aliphatic heterocycles. The second-order valence-electron chi connectivity index (χ2n) is 7.55. The molecule has 0 N–H and O–H groups in total. The largest absolute Gasteiger partial charge is 0.461 e. The van der Waals surface area contributed by atoms with Gasteiger partial charge in [-0.15, -0.1) is 5.10 Å². The number of fused-ring (bicyclic) bond motifs is 1. The predicted octanol–water partition coefficient (Wildman–Crippen LogP) is 3.50. The van der Waals surface area contributed by atoms with Gasteiger partial charge in [0.2, 0.25) is 5.82 Å². The first-order valence-corrected chi connectivity index (χ1v) is 10.6. The van der Waals surface area contributed by atoms with Crippen molar-refractivity contribution in [2.24, 2.45) is 0 Å². The van der Waals surface area contributed by atoms with Crippen LogP contribution >= 0.6 is 11.8 Å². The number of thioether (sulfide) groups is 1. The molecule has 1 aromatic carbocycles.